The lowest BCUT2D eigenvalue weighted by molar-refractivity contribution is 0.111. The summed E-state index contributed by atoms with van der Waals surface area (Å²) in [5, 5.41) is 11.0. The SMILES string of the molecule is Nc1ccc(-c2cn([C@H]3CC[C@H](O)CC3)c3nc(Cl)ncc23)cc1. The molecule has 4 rings (SSSR count). The predicted octanol–water partition coefficient (Wildman–Crippen LogP) is 3.81. The summed E-state index contributed by atoms with van der Waals surface area (Å²) in [6.07, 6.45) is 7.24. The van der Waals surface area contributed by atoms with E-state index in [9.17, 15) is 5.11 Å². The van der Waals surface area contributed by atoms with Crippen LogP contribution in [0.5, 0.6) is 0 Å². The van der Waals surface area contributed by atoms with Crippen molar-refractivity contribution in [2.75, 3.05) is 5.73 Å². The third-order valence-electron chi connectivity index (χ3n) is 4.82. The smallest absolute Gasteiger partial charge is 0.224 e. The van der Waals surface area contributed by atoms with E-state index in [0.717, 1.165) is 53.5 Å². The Bertz CT molecular complexity index is 867. The van der Waals surface area contributed by atoms with Gasteiger partial charge in [0.15, 0.2) is 0 Å². The summed E-state index contributed by atoms with van der Waals surface area (Å²) in [7, 11) is 0. The van der Waals surface area contributed by atoms with Gasteiger partial charge in [-0.3, -0.25) is 0 Å². The first-order valence-electron chi connectivity index (χ1n) is 8.19. The summed E-state index contributed by atoms with van der Waals surface area (Å²) < 4.78 is 2.19. The molecule has 0 unspecified atom stereocenters. The maximum atomic E-state index is 9.77. The largest absolute Gasteiger partial charge is 0.399 e. The lowest BCUT2D eigenvalue weighted by Crippen LogP contribution is -2.20. The van der Waals surface area contributed by atoms with Gasteiger partial charge in [0.05, 0.1) is 6.10 Å². The molecule has 1 aliphatic carbocycles. The van der Waals surface area contributed by atoms with Crippen LogP contribution in [-0.4, -0.2) is 25.7 Å². The first-order valence-corrected chi connectivity index (χ1v) is 8.56. The first-order chi connectivity index (χ1) is 11.6. The zero-order valence-electron chi connectivity index (χ0n) is 13.2. The molecule has 3 N–H and O–H groups in total. The normalized spacial score (nSPS) is 21.2. The van der Waals surface area contributed by atoms with Crippen LogP contribution in [0.4, 0.5) is 5.69 Å². The zero-order chi connectivity index (χ0) is 16.7. The van der Waals surface area contributed by atoms with E-state index in [1.807, 2.05) is 24.3 Å². The summed E-state index contributed by atoms with van der Waals surface area (Å²) >= 11 is 6.04. The quantitative estimate of drug-likeness (QED) is 0.548. The molecule has 0 spiro atoms. The maximum absolute atomic E-state index is 9.77. The number of aliphatic hydroxyl groups excluding tert-OH is 1. The molecule has 1 fully saturated rings. The molecule has 0 amide bonds. The number of rotatable bonds is 2. The molecule has 6 heteroatoms. The Balaban J connectivity index is 1.84. The van der Waals surface area contributed by atoms with Crippen LogP contribution < -0.4 is 5.73 Å². The summed E-state index contributed by atoms with van der Waals surface area (Å²) in [6, 6.07) is 8.13. The van der Waals surface area contributed by atoms with Crippen LogP contribution in [0.25, 0.3) is 22.2 Å². The van der Waals surface area contributed by atoms with Crippen LogP contribution in [-0.2, 0) is 0 Å². The molecule has 5 nitrogen and oxygen atoms in total. The van der Waals surface area contributed by atoms with Crippen molar-refractivity contribution < 1.29 is 5.11 Å². The number of aliphatic hydroxyl groups is 1. The molecule has 2 heterocycles. The van der Waals surface area contributed by atoms with Crippen LogP contribution in [0, 0.1) is 0 Å². The monoisotopic (exact) mass is 342 g/mol. The van der Waals surface area contributed by atoms with Gasteiger partial charge in [-0.15, -0.1) is 0 Å². The van der Waals surface area contributed by atoms with E-state index in [2.05, 4.69) is 20.7 Å². The lowest BCUT2D eigenvalue weighted by atomic mass is 9.93. The van der Waals surface area contributed by atoms with Gasteiger partial charge in [0.2, 0.25) is 5.28 Å². The molecule has 0 saturated heterocycles. The Morgan fingerprint density at radius 3 is 2.54 bits per heavy atom. The van der Waals surface area contributed by atoms with Gasteiger partial charge in [-0.25, -0.2) is 4.98 Å². The lowest BCUT2D eigenvalue weighted by Gasteiger charge is -2.27. The van der Waals surface area contributed by atoms with Crippen molar-refractivity contribution in [2.45, 2.75) is 37.8 Å². The number of hydrogen-bond acceptors (Lipinski definition) is 4. The molecule has 0 bridgehead atoms. The second kappa shape index (κ2) is 6.07. The number of anilines is 1. The summed E-state index contributed by atoms with van der Waals surface area (Å²) in [4.78, 5) is 8.62. The first kappa shape index (κ1) is 15.4. The molecule has 0 atom stereocenters. The van der Waals surface area contributed by atoms with E-state index in [4.69, 9.17) is 17.3 Å². The highest BCUT2D eigenvalue weighted by Gasteiger charge is 2.24. The van der Waals surface area contributed by atoms with E-state index >= 15 is 0 Å². The zero-order valence-corrected chi connectivity index (χ0v) is 13.9. The highest BCUT2D eigenvalue weighted by atomic mass is 35.5. The number of hydrogen-bond donors (Lipinski definition) is 2. The number of nitrogens with zero attached hydrogens (tertiary/aromatic N) is 3. The van der Waals surface area contributed by atoms with Gasteiger partial charge >= 0.3 is 0 Å². The highest BCUT2D eigenvalue weighted by Crippen LogP contribution is 2.36. The minimum Gasteiger partial charge on any atom is -0.399 e. The average Bonchev–Trinajstić information content (AvgIpc) is 2.95. The Morgan fingerprint density at radius 1 is 1.12 bits per heavy atom. The van der Waals surface area contributed by atoms with E-state index < -0.39 is 0 Å². The van der Waals surface area contributed by atoms with Crippen molar-refractivity contribution in [1.82, 2.24) is 14.5 Å². The highest BCUT2D eigenvalue weighted by molar-refractivity contribution is 6.28. The molecule has 2 aromatic heterocycles. The molecule has 3 aromatic rings. The standard InChI is InChI=1S/C18H19ClN4O/c19-18-21-9-15-16(11-1-3-12(20)4-2-11)10-23(17(15)22-18)13-5-7-14(24)8-6-13/h1-4,9-10,13-14,24H,5-8,20H2/t13-,14-. The van der Waals surface area contributed by atoms with Gasteiger partial charge in [0, 0.05) is 35.1 Å². The van der Waals surface area contributed by atoms with Gasteiger partial charge < -0.3 is 15.4 Å². The van der Waals surface area contributed by atoms with Crippen molar-refractivity contribution in [3.05, 3.63) is 41.9 Å². The van der Waals surface area contributed by atoms with Gasteiger partial charge in [-0.05, 0) is 55.0 Å². The minimum atomic E-state index is -0.183. The van der Waals surface area contributed by atoms with Crippen molar-refractivity contribution in [1.29, 1.82) is 0 Å². The Hall–Kier alpha value is -2.11. The van der Waals surface area contributed by atoms with E-state index in [0.29, 0.717) is 6.04 Å². The number of aromatic nitrogens is 3. The predicted molar refractivity (Wildman–Crippen MR) is 95.9 cm³/mol. The van der Waals surface area contributed by atoms with Crippen LogP contribution in [0.15, 0.2) is 36.7 Å². The summed E-state index contributed by atoms with van der Waals surface area (Å²) in [5.41, 5.74) is 9.55. The van der Waals surface area contributed by atoms with Crippen molar-refractivity contribution in [3.8, 4) is 11.1 Å². The van der Waals surface area contributed by atoms with Gasteiger partial charge in [0.25, 0.3) is 0 Å². The second-order valence-corrected chi connectivity index (χ2v) is 6.75. The average molecular weight is 343 g/mol. The fourth-order valence-electron chi connectivity index (χ4n) is 3.52. The Labute approximate surface area is 145 Å². The van der Waals surface area contributed by atoms with E-state index in [1.165, 1.54) is 0 Å². The molecule has 124 valence electrons. The molecule has 1 aliphatic rings. The molecule has 1 aromatic carbocycles. The molecule has 0 aliphatic heterocycles. The fraction of sp³-hybridized carbons (Fsp3) is 0.333. The maximum Gasteiger partial charge on any atom is 0.224 e. The number of fused-ring (bicyclic) bond motifs is 1. The van der Waals surface area contributed by atoms with Crippen LogP contribution >= 0.6 is 11.6 Å². The number of benzene rings is 1. The summed E-state index contributed by atoms with van der Waals surface area (Å²) in [5.74, 6) is 0. The third kappa shape index (κ3) is 2.74. The molecular formula is C18H19ClN4O. The topological polar surface area (TPSA) is 77.0 Å². The molecule has 24 heavy (non-hydrogen) atoms. The Morgan fingerprint density at radius 2 is 1.83 bits per heavy atom. The number of nitrogens with two attached hydrogens (primary N) is 1. The van der Waals surface area contributed by atoms with Gasteiger partial charge in [0.1, 0.15) is 5.65 Å². The molecular weight excluding hydrogens is 324 g/mol. The van der Waals surface area contributed by atoms with E-state index in [1.54, 1.807) is 6.20 Å². The van der Waals surface area contributed by atoms with Gasteiger partial charge in [-0.1, -0.05) is 12.1 Å². The number of nitrogen functional groups attached to an aromatic ring is 1. The third-order valence-corrected chi connectivity index (χ3v) is 5.01. The molecule has 0 radical (unpaired) electrons. The van der Waals surface area contributed by atoms with Gasteiger partial charge in [-0.2, -0.15) is 4.98 Å². The minimum absolute atomic E-state index is 0.183. The Kier molecular flexibility index (Phi) is 3.90. The van der Waals surface area contributed by atoms with Crippen LogP contribution in [0.2, 0.25) is 5.28 Å². The second-order valence-electron chi connectivity index (χ2n) is 6.41. The molecule has 1 saturated carbocycles. The van der Waals surface area contributed by atoms with Crippen molar-refractivity contribution >= 4 is 28.3 Å². The van der Waals surface area contributed by atoms with Crippen molar-refractivity contribution in [2.24, 2.45) is 0 Å². The fourth-order valence-corrected chi connectivity index (χ4v) is 3.64. The number of halogens is 1. The van der Waals surface area contributed by atoms with Crippen LogP contribution in [0.1, 0.15) is 31.7 Å². The van der Waals surface area contributed by atoms with Crippen LogP contribution in [0.3, 0.4) is 0 Å². The van der Waals surface area contributed by atoms with Crippen molar-refractivity contribution in [3.63, 3.8) is 0 Å². The van der Waals surface area contributed by atoms with E-state index in [-0.39, 0.29) is 11.4 Å². The summed E-state index contributed by atoms with van der Waals surface area (Å²) in [6.45, 7) is 0.